The highest BCUT2D eigenvalue weighted by Crippen LogP contribution is 2.27. The minimum atomic E-state index is -0.436. The van der Waals surface area contributed by atoms with E-state index in [1.54, 1.807) is 24.3 Å². The normalized spacial score (nSPS) is 13.6. The second kappa shape index (κ2) is 7.64. The minimum Gasteiger partial charge on any atom is -0.482 e. The molecule has 2 N–H and O–H groups in total. The first kappa shape index (κ1) is 15.3. The molecule has 6 heteroatoms. The molecule has 0 bridgehead atoms. The van der Waals surface area contributed by atoms with Gasteiger partial charge in [0.15, 0.2) is 6.61 Å². The first-order valence-corrected chi connectivity index (χ1v) is 6.97. The number of anilines is 1. The van der Waals surface area contributed by atoms with Gasteiger partial charge in [-0.25, -0.2) is 4.79 Å². The Morgan fingerprint density at radius 3 is 2.57 bits per heavy atom. The van der Waals surface area contributed by atoms with Crippen molar-refractivity contribution < 1.29 is 19.1 Å². The van der Waals surface area contributed by atoms with Crippen LogP contribution in [0, 0.1) is 5.92 Å². The predicted octanol–water partition coefficient (Wildman–Crippen LogP) is 1.18. The number of rotatable bonds is 8. The summed E-state index contributed by atoms with van der Waals surface area (Å²) in [4.78, 5) is 22.6. The standard InChI is InChI=1S/C15H20N2O4/c1-20-15(19)10-21-13-6-4-12(5-7-13)17-14(18)9-16-8-11-2-3-11/h4-7,11,16H,2-3,8-10H2,1H3,(H,17,18). The molecule has 0 atom stereocenters. The summed E-state index contributed by atoms with van der Waals surface area (Å²) in [7, 11) is 1.31. The van der Waals surface area contributed by atoms with Crippen molar-refractivity contribution in [2.24, 2.45) is 5.92 Å². The summed E-state index contributed by atoms with van der Waals surface area (Å²) in [5, 5.41) is 5.92. The van der Waals surface area contributed by atoms with Gasteiger partial charge >= 0.3 is 5.97 Å². The Balaban J connectivity index is 1.70. The second-order valence-corrected chi connectivity index (χ2v) is 5.01. The number of ether oxygens (including phenoxy) is 2. The summed E-state index contributed by atoms with van der Waals surface area (Å²) in [6, 6.07) is 6.84. The van der Waals surface area contributed by atoms with E-state index in [-0.39, 0.29) is 12.5 Å². The van der Waals surface area contributed by atoms with E-state index >= 15 is 0 Å². The Hall–Kier alpha value is -2.08. The number of nitrogens with one attached hydrogen (secondary N) is 2. The summed E-state index contributed by atoms with van der Waals surface area (Å²) in [6.45, 7) is 1.10. The monoisotopic (exact) mass is 292 g/mol. The van der Waals surface area contributed by atoms with Gasteiger partial charge in [-0.1, -0.05) is 0 Å². The SMILES string of the molecule is COC(=O)COc1ccc(NC(=O)CNCC2CC2)cc1. The maximum atomic E-state index is 11.7. The topological polar surface area (TPSA) is 76.7 Å². The van der Waals surface area contributed by atoms with Gasteiger partial charge in [0.1, 0.15) is 5.75 Å². The smallest absolute Gasteiger partial charge is 0.343 e. The number of hydrogen-bond donors (Lipinski definition) is 2. The van der Waals surface area contributed by atoms with Crippen LogP contribution in [0.4, 0.5) is 5.69 Å². The molecule has 114 valence electrons. The van der Waals surface area contributed by atoms with E-state index < -0.39 is 5.97 Å². The van der Waals surface area contributed by atoms with Gasteiger partial charge in [0.25, 0.3) is 0 Å². The van der Waals surface area contributed by atoms with Crippen LogP contribution in [-0.4, -0.2) is 38.7 Å². The number of amides is 1. The summed E-state index contributed by atoms with van der Waals surface area (Å²) in [5.41, 5.74) is 0.693. The molecule has 0 aliphatic heterocycles. The molecule has 2 rings (SSSR count). The molecule has 6 nitrogen and oxygen atoms in total. The fraction of sp³-hybridized carbons (Fsp3) is 0.467. The van der Waals surface area contributed by atoms with Gasteiger partial charge < -0.3 is 20.1 Å². The molecule has 1 aromatic carbocycles. The van der Waals surface area contributed by atoms with Crippen molar-refractivity contribution in [3.63, 3.8) is 0 Å². The maximum absolute atomic E-state index is 11.7. The zero-order valence-electron chi connectivity index (χ0n) is 12.1. The summed E-state index contributed by atoms with van der Waals surface area (Å²) >= 11 is 0. The van der Waals surface area contributed by atoms with E-state index in [0.717, 1.165) is 12.5 Å². The van der Waals surface area contributed by atoms with Gasteiger partial charge in [-0.2, -0.15) is 0 Å². The first-order valence-electron chi connectivity index (χ1n) is 6.97. The molecule has 1 amide bonds. The highest BCUT2D eigenvalue weighted by molar-refractivity contribution is 5.92. The lowest BCUT2D eigenvalue weighted by molar-refractivity contribution is -0.142. The van der Waals surface area contributed by atoms with Crippen molar-refractivity contribution in [2.45, 2.75) is 12.8 Å². The van der Waals surface area contributed by atoms with Gasteiger partial charge in [0.05, 0.1) is 13.7 Å². The van der Waals surface area contributed by atoms with Crippen LogP contribution in [0.1, 0.15) is 12.8 Å². The van der Waals surface area contributed by atoms with Crippen LogP contribution >= 0.6 is 0 Å². The van der Waals surface area contributed by atoms with Gasteiger partial charge in [-0.15, -0.1) is 0 Å². The molecular formula is C15H20N2O4. The molecule has 1 aliphatic carbocycles. The molecule has 0 saturated heterocycles. The Morgan fingerprint density at radius 2 is 1.95 bits per heavy atom. The maximum Gasteiger partial charge on any atom is 0.343 e. The molecular weight excluding hydrogens is 272 g/mol. The highest BCUT2D eigenvalue weighted by atomic mass is 16.6. The average molecular weight is 292 g/mol. The minimum absolute atomic E-state index is 0.0705. The Bertz CT molecular complexity index is 483. The van der Waals surface area contributed by atoms with Crippen molar-refractivity contribution in [1.82, 2.24) is 5.32 Å². The predicted molar refractivity (Wildman–Crippen MR) is 78.2 cm³/mol. The second-order valence-electron chi connectivity index (χ2n) is 5.01. The third-order valence-corrected chi connectivity index (χ3v) is 3.14. The number of carbonyl (C=O) groups excluding carboxylic acids is 2. The van der Waals surface area contributed by atoms with Crippen LogP contribution in [-0.2, 0) is 14.3 Å². The molecule has 0 aromatic heterocycles. The van der Waals surface area contributed by atoms with Crippen molar-refractivity contribution in [1.29, 1.82) is 0 Å². The molecule has 0 radical (unpaired) electrons. The lowest BCUT2D eigenvalue weighted by Crippen LogP contribution is -2.29. The molecule has 1 aliphatic rings. The molecule has 0 unspecified atom stereocenters. The molecule has 0 spiro atoms. The van der Waals surface area contributed by atoms with Crippen LogP contribution in [0.5, 0.6) is 5.75 Å². The molecule has 21 heavy (non-hydrogen) atoms. The van der Waals surface area contributed by atoms with Crippen molar-refractivity contribution >= 4 is 17.6 Å². The van der Waals surface area contributed by atoms with Crippen molar-refractivity contribution in [3.05, 3.63) is 24.3 Å². The van der Waals surface area contributed by atoms with Crippen LogP contribution in [0.2, 0.25) is 0 Å². The van der Waals surface area contributed by atoms with E-state index in [0.29, 0.717) is 18.0 Å². The van der Waals surface area contributed by atoms with Crippen LogP contribution in [0.3, 0.4) is 0 Å². The summed E-state index contributed by atoms with van der Waals surface area (Å²) < 4.78 is 9.70. The number of esters is 1. The lowest BCUT2D eigenvalue weighted by Gasteiger charge is -2.08. The third kappa shape index (κ3) is 5.83. The van der Waals surface area contributed by atoms with E-state index in [1.807, 2.05) is 0 Å². The van der Waals surface area contributed by atoms with Crippen molar-refractivity contribution in [3.8, 4) is 5.75 Å². The average Bonchev–Trinajstić information content (AvgIpc) is 3.30. The van der Waals surface area contributed by atoms with E-state index in [4.69, 9.17) is 4.74 Å². The molecule has 1 fully saturated rings. The number of methoxy groups -OCH3 is 1. The Labute approximate surface area is 123 Å². The quantitative estimate of drug-likeness (QED) is 0.704. The van der Waals surface area contributed by atoms with Gasteiger partial charge in [-0.05, 0) is 49.6 Å². The number of hydrogen-bond acceptors (Lipinski definition) is 5. The fourth-order valence-corrected chi connectivity index (χ4v) is 1.75. The molecule has 1 aromatic rings. The van der Waals surface area contributed by atoms with Gasteiger partial charge in [0.2, 0.25) is 5.91 Å². The van der Waals surface area contributed by atoms with Crippen LogP contribution in [0.15, 0.2) is 24.3 Å². The molecule has 1 saturated carbocycles. The van der Waals surface area contributed by atoms with E-state index in [2.05, 4.69) is 15.4 Å². The summed E-state index contributed by atoms with van der Waals surface area (Å²) in [5.74, 6) is 0.794. The van der Waals surface area contributed by atoms with Gasteiger partial charge in [0, 0.05) is 5.69 Å². The van der Waals surface area contributed by atoms with Crippen LogP contribution < -0.4 is 15.4 Å². The van der Waals surface area contributed by atoms with Crippen molar-refractivity contribution in [2.75, 3.05) is 32.1 Å². The summed E-state index contributed by atoms with van der Waals surface area (Å²) in [6.07, 6.45) is 2.53. The Morgan fingerprint density at radius 1 is 1.24 bits per heavy atom. The highest BCUT2D eigenvalue weighted by Gasteiger charge is 2.20. The molecule has 0 heterocycles. The number of carbonyl (C=O) groups is 2. The van der Waals surface area contributed by atoms with E-state index in [9.17, 15) is 9.59 Å². The zero-order chi connectivity index (χ0) is 15.1. The van der Waals surface area contributed by atoms with Crippen LogP contribution in [0.25, 0.3) is 0 Å². The fourth-order valence-electron chi connectivity index (χ4n) is 1.75. The zero-order valence-corrected chi connectivity index (χ0v) is 12.1. The van der Waals surface area contributed by atoms with Gasteiger partial charge in [-0.3, -0.25) is 4.79 Å². The largest absolute Gasteiger partial charge is 0.482 e. The number of benzene rings is 1. The Kier molecular flexibility index (Phi) is 5.57. The third-order valence-electron chi connectivity index (χ3n) is 3.14. The first-order chi connectivity index (χ1) is 10.2. The van der Waals surface area contributed by atoms with E-state index in [1.165, 1.54) is 20.0 Å². The lowest BCUT2D eigenvalue weighted by atomic mass is 10.3.